The van der Waals surface area contributed by atoms with Crippen LogP contribution in [0.25, 0.3) is 16.6 Å². The third kappa shape index (κ3) is 4.29. The number of alkyl halides is 3. The largest absolute Gasteiger partial charge is 0.494 e. The predicted molar refractivity (Wildman–Crippen MR) is 118 cm³/mol. The molecular formula is C22H15BrF4N4O4. The standard InChI is InChI=1S/C22H15BrF4N4O4/c1-35-17-3-2-12(7-15(17)24)31-19(16-6-11(22(25,26)27)9-30(16)21(33)34)29-18-13(20(31)32)4-10(8-28)5-14(18)23/h2-5,7,11,16H,6,9H2,1H3,(H,33,34). The van der Waals surface area contributed by atoms with E-state index in [-0.39, 0.29) is 38.2 Å². The minimum atomic E-state index is -4.68. The van der Waals surface area contributed by atoms with E-state index in [1.165, 1.54) is 31.4 Å². The lowest BCUT2D eigenvalue weighted by molar-refractivity contribution is -0.170. The van der Waals surface area contributed by atoms with Crippen molar-refractivity contribution >= 4 is 32.9 Å². The molecule has 3 aromatic rings. The number of ether oxygens (including phenoxy) is 1. The summed E-state index contributed by atoms with van der Waals surface area (Å²) in [6.07, 6.45) is -6.98. The quantitative estimate of drug-likeness (QED) is 0.467. The van der Waals surface area contributed by atoms with Crippen LogP contribution in [0, 0.1) is 23.1 Å². The van der Waals surface area contributed by atoms with E-state index in [1.807, 2.05) is 6.07 Å². The van der Waals surface area contributed by atoms with E-state index in [9.17, 15) is 37.5 Å². The molecule has 0 spiro atoms. The Balaban J connectivity index is 2.05. The molecule has 1 amide bonds. The van der Waals surface area contributed by atoms with Crippen LogP contribution in [-0.4, -0.2) is 45.5 Å². The summed E-state index contributed by atoms with van der Waals surface area (Å²) >= 11 is 3.22. The normalized spacial score (nSPS) is 18.0. The predicted octanol–water partition coefficient (Wildman–Crippen LogP) is 4.77. The average Bonchev–Trinajstić information content (AvgIpc) is 3.25. The van der Waals surface area contributed by atoms with Gasteiger partial charge in [0.2, 0.25) is 0 Å². The van der Waals surface area contributed by atoms with E-state index in [0.29, 0.717) is 4.90 Å². The van der Waals surface area contributed by atoms with E-state index in [2.05, 4.69) is 20.9 Å². The van der Waals surface area contributed by atoms with Crippen LogP contribution in [0.2, 0.25) is 0 Å². The van der Waals surface area contributed by atoms with Gasteiger partial charge < -0.3 is 9.84 Å². The van der Waals surface area contributed by atoms with Crippen LogP contribution in [0.5, 0.6) is 5.75 Å². The van der Waals surface area contributed by atoms with Crippen LogP contribution in [0.4, 0.5) is 22.4 Å². The van der Waals surface area contributed by atoms with Crippen molar-refractivity contribution in [1.82, 2.24) is 14.5 Å². The molecule has 0 aliphatic carbocycles. The Hall–Kier alpha value is -3.66. The smallest absolute Gasteiger partial charge is 0.407 e. The number of rotatable bonds is 3. The number of nitrogens with zero attached hydrogens (tertiary/aromatic N) is 4. The highest BCUT2D eigenvalue weighted by Crippen LogP contribution is 2.43. The maximum absolute atomic E-state index is 14.5. The van der Waals surface area contributed by atoms with E-state index < -0.39 is 48.6 Å². The first-order chi connectivity index (χ1) is 16.5. The van der Waals surface area contributed by atoms with Crippen LogP contribution in [-0.2, 0) is 0 Å². The highest BCUT2D eigenvalue weighted by molar-refractivity contribution is 9.10. The van der Waals surface area contributed by atoms with Crippen molar-refractivity contribution < 1.29 is 32.2 Å². The molecule has 0 bridgehead atoms. The van der Waals surface area contributed by atoms with Gasteiger partial charge in [0.1, 0.15) is 5.82 Å². The number of carboxylic acid groups (broad SMARTS) is 1. The van der Waals surface area contributed by atoms with Gasteiger partial charge in [-0.2, -0.15) is 18.4 Å². The van der Waals surface area contributed by atoms with Crippen molar-refractivity contribution in [3.05, 3.63) is 62.4 Å². The molecule has 13 heteroatoms. The summed E-state index contributed by atoms with van der Waals surface area (Å²) < 4.78 is 61.0. The lowest BCUT2D eigenvalue weighted by atomic mass is 10.0. The Kier molecular flexibility index (Phi) is 6.18. The van der Waals surface area contributed by atoms with Crippen LogP contribution >= 0.6 is 15.9 Å². The fraction of sp³-hybridized carbons (Fsp3) is 0.273. The summed E-state index contributed by atoms with van der Waals surface area (Å²) in [5, 5.41) is 18.8. The second kappa shape index (κ2) is 8.84. The Morgan fingerprint density at radius 1 is 1.31 bits per heavy atom. The number of likely N-dealkylation sites (tertiary alicyclic amines) is 1. The summed E-state index contributed by atoms with van der Waals surface area (Å²) in [5.74, 6) is -3.30. The van der Waals surface area contributed by atoms with Gasteiger partial charge in [-0.1, -0.05) is 0 Å². The average molecular weight is 555 g/mol. The summed E-state index contributed by atoms with van der Waals surface area (Å²) in [5.41, 5.74) is -0.783. The fourth-order valence-corrected chi connectivity index (χ4v) is 4.67. The first-order valence-electron chi connectivity index (χ1n) is 10.0. The van der Waals surface area contributed by atoms with E-state index in [4.69, 9.17) is 4.74 Å². The highest BCUT2D eigenvalue weighted by atomic mass is 79.9. The summed E-state index contributed by atoms with van der Waals surface area (Å²) in [7, 11) is 1.23. The molecule has 1 aromatic heterocycles. The van der Waals surface area contributed by atoms with Gasteiger partial charge in [0.15, 0.2) is 11.6 Å². The molecule has 35 heavy (non-hydrogen) atoms. The van der Waals surface area contributed by atoms with Crippen LogP contribution in [0.1, 0.15) is 23.9 Å². The van der Waals surface area contributed by atoms with Crippen molar-refractivity contribution in [3.63, 3.8) is 0 Å². The lowest BCUT2D eigenvalue weighted by Crippen LogP contribution is -2.35. The van der Waals surface area contributed by atoms with Gasteiger partial charge in [-0.3, -0.25) is 14.3 Å². The SMILES string of the molecule is COc1ccc(-n2c(C3CC(C(F)(F)F)CN3C(=O)O)nc3c(Br)cc(C#N)cc3c2=O)cc1F. The van der Waals surface area contributed by atoms with E-state index in [1.54, 1.807) is 0 Å². The zero-order valence-electron chi connectivity index (χ0n) is 17.8. The minimum Gasteiger partial charge on any atom is -0.494 e. The number of hydrogen-bond acceptors (Lipinski definition) is 5. The molecule has 0 saturated carbocycles. The third-order valence-corrected chi connectivity index (χ3v) is 6.39. The second-order valence-corrected chi connectivity index (χ2v) is 8.67. The molecule has 1 aliphatic heterocycles. The number of hydrogen-bond donors (Lipinski definition) is 1. The molecule has 1 saturated heterocycles. The molecule has 182 valence electrons. The molecule has 8 nitrogen and oxygen atoms in total. The number of carbonyl (C=O) groups is 1. The van der Waals surface area contributed by atoms with Gasteiger partial charge in [0.25, 0.3) is 5.56 Å². The Bertz CT molecular complexity index is 1450. The lowest BCUT2D eigenvalue weighted by Gasteiger charge is -2.24. The Morgan fingerprint density at radius 2 is 2.03 bits per heavy atom. The van der Waals surface area contributed by atoms with Gasteiger partial charge in [-0.05, 0) is 46.6 Å². The number of methoxy groups -OCH3 is 1. The zero-order chi connectivity index (χ0) is 25.7. The number of nitriles is 1. The first-order valence-corrected chi connectivity index (χ1v) is 10.8. The van der Waals surface area contributed by atoms with Gasteiger partial charge in [-0.15, -0.1) is 0 Å². The molecule has 2 atom stereocenters. The van der Waals surface area contributed by atoms with Crippen molar-refractivity contribution in [2.24, 2.45) is 5.92 Å². The Labute approximate surface area is 203 Å². The van der Waals surface area contributed by atoms with Crippen molar-refractivity contribution in [2.45, 2.75) is 18.6 Å². The fourth-order valence-electron chi connectivity index (χ4n) is 4.13. The molecule has 2 unspecified atom stereocenters. The molecule has 1 fully saturated rings. The molecule has 2 aromatic carbocycles. The van der Waals surface area contributed by atoms with Gasteiger partial charge in [0, 0.05) is 17.1 Å². The zero-order valence-corrected chi connectivity index (χ0v) is 19.4. The Morgan fingerprint density at radius 3 is 2.60 bits per heavy atom. The second-order valence-electron chi connectivity index (χ2n) is 7.82. The molecule has 0 radical (unpaired) electrons. The summed E-state index contributed by atoms with van der Waals surface area (Å²) in [4.78, 5) is 30.4. The maximum atomic E-state index is 14.5. The van der Waals surface area contributed by atoms with Crippen LogP contribution in [0.15, 0.2) is 39.6 Å². The molecule has 4 rings (SSSR count). The number of benzene rings is 2. The van der Waals surface area contributed by atoms with Gasteiger partial charge >= 0.3 is 12.3 Å². The number of amides is 1. The first kappa shape index (κ1) is 24.5. The third-order valence-electron chi connectivity index (χ3n) is 5.78. The maximum Gasteiger partial charge on any atom is 0.407 e. The molecule has 2 heterocycles. The summed E-state index contributed by atoms with van der Waals surface area (Å²) in [6.45, 7) is -0.844. The van der Waals surface area contributed by atoms with E-state index >= 15 is 0 Å². The van der Waals surface area contributed by atoms with Crippen LogP contribution in [0.3, 0.4) is 0 Å². The summed E-state index contributed by atoms with van der Waals surface area (Å²) in [6, 6.07) is 6.50. The highest BCUT2D eigenvalue weighted by Gasteiger charge is 2.50. The molecular weight excluding hydrogens is 540 g/mol. The van der Waals surface area contributed by atoms with Gasteiger partial charge in [0.05, 0.1) is 47.3 Å². The molecule has 1 aliphatic rings. The topological polar surface area (TPSA) is 108 Å². The van der Waals surface area contributed by atoms with Crippen LogP contribution < -0.4 is 10.3 Å². The van der Waals surface area contributed by atoms with Crippen molar-refractivity contribution in [3.8, 4) is 17.5 Å². The van der Waals surface area contributed by atoms with Crippen molar-refractivity contribution in [1.29, 1.82) is 5.26 Å². The minimum absolute atomic E-state index is 0.0232. The number of aromatic nitrogens is 2. The number of halogens is 5. The van der Waals surface area contributed by atoms with E-state index in [0.717, 1.165) is 10.6 Å². The van der Waals surface area contributed by atoms with Gasteiger partial charge in [-0.25, -0.2) is 14.2 Å². The molecule has 1 N–H and O–H groups in total. The number of fused-ring (bicyclic) bond motifs is 1. The van der Waals surface area contributed by atoms with Crippen molar-refractivity contribution in [2.75, 3.05) is 13.7 Å². The monoisotopic (exact) mass is 554 g/mol.